The average Bonchev–Trinajstić information content (AvgIpc) is 2.12. The Morgan fingerprint density at radius 2 is 2.00 bits per heavy atom. The molecular weight excluding hydrogens is 186 g/mol. The molecule has 0 saturated heterocycles. The van der Waals surface area contributed by atoms with Crippen molar-refractivity contribution in [3.8, 4) is 0 Å². The van der Waals surface area contributed by atoms with Crippen LogP contribution in [-0.4, -0.2) is 4.98 Å². The zero-order valence-electron chi connectivity index (χ0n) is 6.79. The molecule has 0 aliphatic carbocycles. The Labute approximate surface area is 80.3 Å². The SMILES string of the molecule is Nc1ncc(N)c2c(Cl)cccc12. The third-order valence-electron chi connectivity index (χ3n) is 1.92. The fourth-order valence-corrected chi connectivity index (χ4v) is 1.59. The first-order chi connectivity index (χ1) is 6.20. The molecule has 66 valence electrons. The van der Waals surface area contributed by atoms with Crippen molar-refractivity contribution in [2.45, 2.75) is 0 Å². The fourth-order valence-electron chi connectivity index (χ4n) is 1.30. The first-order valence-corrected chi connectivity index (χ1v) is 4.16. The van der Waals surface area contributed by atoms with E-state index in [4.69, 9.17) is 23.1 Å². The smallest absolute Gasteiger partial charge is 0.131 e. The van der Waals surface area contributed by atoms with Gasteiger partial charge in [0.25, 0.3) is 0 Å². The average molecular weight is 194 g/mol. The maximum atomic E-state index is 5.97. The Hall–Kier alpha value is -1.48. The summed E-state index contributed by atoms with van der Waals surface area (Å²) >= 11 is 5.97. The van der Waals surface area contributed by atoms with Crippen LogP contribution < -0.4 is 11.5 Å². The molecule has 0 amide bonds. The van der Waals surface area contributed by atoms with Gasteiger partial charge in [-0.2, -0.15) is 0 Å². The topological polar surface area (TPSA) is 64.9 Å². The number of aromatic nitrogens is 1. The van der Waals surface area contributed by atoms with E-state index in [-0.39, 0.29) is 0 Å². The van der Waals surface area contributed by atoms with Gasteiger partial charge in [-0.15, -0.1) is 0 Å². The molecule has 0 fully saturated rings. The van der Waals surface area contributed by atoms with Crippen molar-refractivity contribution < 1.29 is 0 Å². The van der Waals surface area contributed by atoms with Gasteiger partial charge in [0.15, 0.2) is 0 Å². The summed E-state index contributed by atoms with van der Waals surface area (Å²) in [6.45, 7) is 0. The van der Waals surface area contributed by atoms with Crippen LogP contribution in [0.4, 0.5) is 11.5 Å². The Bertz CT molecular complexity index is 459. The summed E-state index contributed by atoms with van der Waals surface area (Å²) in [4.78, 5) is 3.94. The number of benzene rings is 1. The molecular formula is C9H8ClN3. The molecule has 1 heterocycles. The second-order valence-electron chi connectivity index (χ2n) is 2.76. The van der Waals surface area contributed by atoms with Crippen LogP contribution in [0.1, 0.15) is 0 Å². The standard InChI is InChI=1S/C9H8ClN3/c10-6-3-1-2-5-8(6)7(11)4-13-9(5)12/h1-4H,11H2,(H2,12,13). The van der Waals surface area contributed by atoms with Gasteiger partial charge in [0, 0.05) is 10.8 Å². The number of anilines is 2. The summed E-state index contributed by atoms with van der Waals surface area (Å²) in [5.41, 5.74) is 11.9. The second kappa shape index (κ2) is 2.78. The predicted octanol–water partition coefficient (Wildman–Crippen LogP) is 2.05. The molecule has 2 aromatic rings. The van der Waals surface area contributed by atoms with Crippen molar-refractivity contribution in [3.05, 3.63) is 29.4 Å². The fraction of sp³-hybridized carbons (Fsp3) is 0. The lowest BCUT2D eigenvalue weighted by Crippen LogP contribution is -1.95. The van der Waals surface area contributed by atoms with Crippen molar-refractivity contribution in [2.24, 2.45) is 0 Å². The third-order valence-corrected chi connectivity index (χ3v) is 2.24. The van der Waals surface area contributed by atoms with Gasteiger partial charge in [-0.05, 0) is 6.07 Å². The highest BCUT2D eigenvalue weighted by Crippen LogP contribution is 2.30. The molecule has 1 aromatic carbocycles. The summed E-state index contributed by atoms with van der Waals surface area (Å²) in [7, 11) is 0. The highest BCUT2D eigenvalue weighted by molar-refractivity contribution is 6.36. The Balaban J connectivity index is 3.00. The molecule has 2 rings (SSSR count). The van der Waals surface area contributed by atoms with Gasteiger partial charge in [0.1, 0.15) is 5.82 Å². The Kier molecular flexibility index (Phi) is 1.74. The molecule has 0 bridgehead atoms. The summed E-state index contributed by atoms with van der Waals surface area (Å²) in [5, 5.41) is 2.17. The molecule has 4 heteroatoms. The van der Waals surface area contributed by atoms with Gasteiger partial charge < -0.3 is 11.5 Å². The monoisotopic (exact) mass is 193 g/mol. The van der Waals surface area contributed by atoms with Crippen LogP contribution >= 0.6 is 11.6 Å². The molecule has 0 radical (unpaired) electrons. The van der Waals surface area contributed by atoms with Crippen molar-refractivity contribution in [1.82, 2.24) is 4.98 Å². The summed E-state index contributed by atoms with van der Waals surface area (Å²) < 4.78 is 0. The van der Waals surface area contributed by atoms with E-state index >= 15 is 0 Å². The number of nitrogen functional groups attached to an aromatic ring is 2. The van der Waals surface area contributed by atoms with Crippen molar-refractivity contribution in [3.63, 3.8) is 0 Å². The van der Waals surface area contributed by atoms with Crippen LogP contribution in [0.2, 0.25) is 5.02 Å². The number of rotatable bonds is 0. The summed E-state index contributed by atoms with van der Waals surface area (Å²) in [6.07, 6.45) is 1.52. The van der Waals surface area contributed by atoms with Crippen LogP contribution in [0.3, 0.4) is 0 Å². The van der Waals surface area contributed by atoms with E-state index < -0.39 is 0 Å². The molecule has 0 aliphatic heterocycles. The minimum Gasteiger partial charge on any atom is -0.397 e. The number of hydrogen-bond donors (Lipinski definition) is 2. The lowest BCUT2D eigenvalue weighted by molar-refractivity contribution is 1.37. The first-order valence-electron chi connectivity index (χ1n) is 3.78. The number of hydrogen-bond acceptors (Lipinski definition) is 3. The van der Waals surface area contributed by atoms with Gasteiger partial charge in [0.05, 0.1) is 16.9 Å². The molecule has 3 nitrogen and oxygen atoms in total. The third kappa shape index (κ3) is 1.17. The van der Waals surface area contributed by atoms with Gasteiger partial charge >= 0.3 is 0 Å². The number of pyridine rings is 1. The molecule has 1 aromatic heterocycles. The zero-order chi connectivity index (χ0) is 9.42. The first kappa shape index (κ1) is 8.13. The van der Waals surface area contributed by atoms with Gasteiger partial charge in [-0.25, -0.2) is 4.98 Å². The Morgan fingerprint density at radius 1 is 1.23 bits per heavy atom. The van der Waals surface area contributed by atoms with Crippen molar-refractivity contribution in [2.75, 3.05) is 11.5 Å². The maximum absolute atomic E-state index is 5.97. The van der Waals surface area contributed by atoms with Crippen molar-refractivity contribution in [1.29, 1.82) is 0 Å². The molecule has 0 saturated carbocycles. The van der Waals surface area contributed by atoms with Crippen LogP contribution in [0.15, 0.2) is 24.4 Å². The van der Waals surface area contributed by atoms with E-state index in [1.54, 1.807) is 6.07 Å². The van der Waals surface area contributed by atoms with Gasteiger partial charge in [-0.3, -0.25) is 0 Å². The highest BCUT2D eigenvalue weighted by Gasteiger charge is 2.05. The van der Waals surface area contributed by atoms with E-state index in [0.717, 1.165) is 10.8 Å². The van der Waals surface area contributed by atoms with Crippen molar-refractivity contribution >= 4 is 33.9 Å². The molecule has 4 N–H and O–H groups in total. The van der Waals surface area contributed by atoms with Crippen LogP contribution in [-0.2, 0) is 0 Å². The van der Waals surface area contributed by atoms with E-state index in [1.807, 2.05) is 12.1 Å². The normalized spacial score (nSPS) is 10.5. The maximum Gasteiger partial charge on any atom is 0.131 e. The van der Waals surface area contributed by atoms with E-state index in [2.05, 4.69) is 4.98 Å². The van der Waals surface area contributed by atoms with Gasteiger partial charge in [-0.1, -0.05) is 23.7 Å². The highest BCUT2D eigenvalue weighted by atomic mass is 35.5. The van der Waals surface area contributed by atoms with Crippen LogP contribution in [0.5, 0.6) is 0 Å². The van der Waals surface area contributed by atoms with E-state index in [0.29, 0.717) is 16.5 Å². The van der Waals surface area contributed by atoms with Crippen LogP contribution in [0, 0.1) is 0 Å². The lowest BCUT2D eigenvalue weighted by Gasteiger charge is -2.05. The van der Waals surface area contributed by atoms with Gasteiger partial charge in [0.2, 0.25) is 0 Å². The number of halogens is 1. The summed E-state index contributed by atoms with van der Waals surface area (Å²) in [6, 6.07) is 5.45. The predicted molar refractivity (Wildman–Crippen MR) is 55.6 cm³/mol. The molecule has 0 atom stereocenters. The molecule has 0 spiro atoms. The Morgan fingerprint density at radius 3 is 2.69 bits per heavy atom. The van der Waals surface area contributed by atoms with E-state index in [1.165, 1.54) is 6.20 Å². The summed E-state index contributed by atoms with van der Waals surface area (Å²) in [5.74, 6) is 0.451. The zero-order valence-corrected chi connectivity index (χ0v) is 7.55. The second-order valence-corrected chi connectivity index (χ2v) is 3.17. The molecule has 13 heavy (non-hydrogen) atoms. The van der Waals surface area contributed by atoms with E-state index in [9.17, 15) is 0 Å². The number of fused-ring (bicyclic) bond motifs is 1. The molecule has 0 unspecified atom stereocenters. The molecule has 0 aliphatic rings. The lowest BCUT2D eigenvalue weighted by atomic mass is 10.1. The minimum atomic E-state index is 0.451. The quantitative estimate of drug-likeness (QED) is 0.673. The number of nitrogens with two attached hydrogens (primary N) is 2. The van der Waals surface area contributed by atoms with Crippen LogP contribution in [0.25, 0.3) is 10.8 Å². The largest absolute Gasteiger partial charge is 0.397 e. The number of nitrogens with zero attached hydrogens (tertiary/aromatic N) is 1. The minimum absolute atomic E-state index is 0.451.